The standard InChI is InChI=1S/C35H34N4O6/c1-44-20-18-37-28-15-9-16-29(32(28)26-13-5-6-14-27(26)33(36)34(37)41)38(35(42)43)39(19-21-45-2)30-17-8-7-12-25(30)24-11-4-3-10-23(24)22-31(39)40/h3-17,33H,18-22,36H2,1-2H3/p+1/t33-,39-/m0/s1. The quantitative estimate of drug-likeness (QED) is 0.266. The first kappa shape index (κ1) is 30.2. The minimum absolute atomic E-state index is 0.00375. The molecule has 4 aromatic carbocycles. The number of para-hydroxylation sites is 1. The summed E-state index contributed by atoms with van der Waals surface area (Å²) < 4.78 is 10.2. The minimum Gasteiger partial charge on any atom is -0.461 e. The molecule has 0 radical (unpaired) electrons. The Morgan fingerprint density at radius 3 is 2.29 bits per heavy atom. The largest absolute Gasteiger partial charge is 0.461 e. The van der Waals surface area contributed by atoms with Crippen molar-refractivity contribution in [2.45, 2.75) is 12.5 Å². The molecule has 0 unspecified atom stereocenters. The Morgan fingerprint density at radius 2 is 1.56 bits per heavy atom. The van der Waals surface area contributed by atoms with E-state index < -0.39 is 16.7 Å². The molecule has 0 aromatic heterocycles. The van der Waals surface area contributed by atoms with Crippen molar-refractivity contribution in [1.29, 1.82) is 0 Å². The van der Waals surface area contributed by atoms with Gasteiger partial charge in [0.2, 0.25) is 5.91 Å². The lowest BCUT2D eigenvalue weighted by molar-refractivity contribution is -0.130. The molecule has 2 atom stereocenters. The highest BCUT2D eigenvalue weighted by Gasteiger charge is 2.53. The van der Waals surface area contributed by atoms with Crippen LogP contribution in [0, 0.1) is 0 Å². The number of anilines is 2. The van der Waals surface area contributed by atoms with E-state index in [-0.39, 0.29) is 50.2 Å². The first-order chi connectivity index (χ1) is 21.8. The third-order valence-corrected chi connectivity index (χ3v) is 8.66. The van der Waals surface area contributed by atoms with Gasteiger partial charge >= 0.3 is 12.0 Å². The van der Waals surface area contributed by atoms with Gasteiger partial charge in [-0.05, 0) is 40.5 Å². The maximum absolute atomic E-state index is 14.8. The third kappa shape index (κ3) is 4.88. The van der Waals surface area contributed by atoms with Gasteiger partial charge in [-0.15, -0.1) is 9.60 Å². The van der Waals surface area contributed by atoms with E-state index in [0.717, 1.165) is 21.7 Å². The zero-order chi connectivity index (χ0) is 31.7. The SMILES string of the molecule is COCCN1C(=O)[C@@H](N)c2ccccc2-c2c1cccc2N(C(=O)O)[N@+]1(CCOC)C(=O)Cc2ccccc2-c2ccccc21. The molecule has 3 N–H and O–H groups in total. The molecule has 3 amide bonds. The van der Waals surface area contributed by atoms with Crippen molar-refractivity contribution in [2.75, 3.05) is 50.4 Å². The molecule has 2 aliphatic rings. The van der Waals surface area contributed by atoms with E-state index in [0.29, 0.717) is 28.1 Å². The highest BCUT2D eigenvalue weighted by molar-refractivity contribution is 6.11. The van der Waals surface area contributed by atoms with Gasteiger partial charge < -0.3 is 25.2 Å². The lowest BCUT2D eigenvalue weighted by atomic mass is 9.94. The van der Waals surface area contributed by atoms with Crippen molar-refractivity contribution < 1.29 is 29.0 Å². The predicted molar refractivity (Wildman–Crippen MR) is 173 cm³/mol. The van der Waals surface area contributed by atoms with Crippen LogP contribution < -0.4 is 20.2 Å². The fourth-order valence-corrected chi connectivity index (χ4v) is 6.64. The molecule has 0 fully saturated rings. The smallest absolute Gasteiger partial charge is 0.457 e. The van der Waals surface area contributed by atoms with Gasteiger partial charge in [-0.3, -0.25) is 4.79 Å². The summed E-state index contributed by atoms with van der Waals surface area (Å²) in [4.78, 5) is 43.9. The maximum atomic E-state index is 14.8. The van der Waals surface area contributed by atoms with E-state index >= 15 is 0 Å². The first-order valence-electron chi connectivity index (χ1n) is 14.7. The van der Waals surface area contributed by atoms with E-state index in [4.69, 9.17) is 15.2 Å². The fourth-order valence-electron chi connectivity index (χ4n) is 6.64. The average molecular weight is 608 g/mol. The number of amides is 3. The number of rotatable bonds is 8. The summed E-state index contributed by atoms with van der Waals surface area (Å²) in [5, 5.41) is 12.4. The molecular formula is C35H35N4O6+. The Labute approximate surface area is 261 Å². The van der Waals surface area contributed by atoms with Gasteiger partial charge in [0.15, 0.2) is 5.69 Å². The average Bonchev–Trinajstić information content (AvgIpc) is 3.21. The Morgan fingerprint density at radius 1 is 0.889 bits per heavy atom. The zero-order valence-electron chi connectivity index (χ0n) is 25.2. The molecule has 2 heterocycles. The predicted octanol–water partition coefficient (Wildman–Crippen LogP) is 5.15. The molecule has 0 spiro atoms. The monoisotopic (exact) mass is 607 g/mol. The number of nitrogens with zero attached hydrogens (tertiary/aromatic N) is 3. The molecule has 10 heteroatoms. The Bertz CT molecular complexity index is 1790. The highest BCUT2D eigenvalue weighted by atomic mass is 16.5. The summed E-state index contributed by atoms with van der Waals surface area (Å²) in [6.07, 6.45) is -1.35. The Balaban J connectivity index is 1.70. The van der Waals surface area contributed by atoms with Gasteiger partial charge in [0, 0.05) is 38.0 Å². The van der Waals surface area contributed by atoms with Crippen LogP contribution in [0.3, 0.4) is 0 Å². The van der Waals surface area contributed by atoms with Crippen LogP contribution in [0.1, 0.15) is 17.2 Å². The number of benzene rings is 4. The van der Waals surface area contributed by atoms with Gasteiger partial charge in [0.1, 0.15) is 18.3 Å². The van der Waals surface area contributed by atoms with Crippen LogP contribution in [-0.2, 0) is 25.5 Å². The lowest BCUT2D eigenvalue weighted by Crippen LogP contribution is -2.69. The number of hydrogen-bond acceptors (Lipinski definition) is 6. The number of quaternary nitrogens is 1. The summed E-state index contributed by atoms with van der Waals surface area (Å²) in [7, 11) is 3.07. The topological polar surface area (TPSA) is 122 Å². The number of nitrogens with two attached hydrogens (primary N) is 1. The molecule has 0 saturated carbocycles. The van der Waals surface area contributed by atoms with Gasteiger partial charge in [-0.2, -0.15) is 0 Å². The number of ether oxygens (including phenoxy) is 2. The molecule has 0 saturated heterocycles. The van der Waals surface area contributed by atoms with Crippen LogP contribution in [0.2, 0.25) is 0 Å². The lowest BCUT2D eigenvalue weighted by Gasteiger charge is -2.42. The number of carboxylic acid groups (broad SMARTS) is 1. The van der Waals surface area contributed by atoms with Gasteiger partial charge in [-0.1, -0.05) is 66.7 Å². The number of methoxy groups -OCH3 is 2. The molecule has 0 aliphatic carbocycles. The first-order valence-corrected chi connectivity index (χ1v) is 14.7. The van der Waals surface area contributed by atoms with E-state index in [1.54, 1.807) is 48.4 Å². The molecule has 4 aromatic rings. The second kappa shape index (κ2) is 12.3. The van der Waals surface area contributed by atoms with Crippen LogP contribution in [0.25, 0.3) is 22.3 Å². The van der Waals surface area contributed by atoms with E-state index in [9.17, 15) is 19.5 Å². The molecule has 2 aliphatic heterocycles. The van der Waals surface area contributed by atoms with Gasteiger partial charge in [0.25, 0.3) is 0 Å². The summed E-state index contributed by atoms with van der Waals surface area (Å²) in [5.74, 6) is -0.678. The summed E-state index contributed by atoms with van der Waals surface area (Å²) in [6, 6.07) is 26.4. The van der Waals surface area contributed by atoms with Crippen LogP contribution in [0.15, 0.2) is 91.0 Å². The molecular weight excluding hydrogens is 572 g/mol. The van der Waals surface area contributed by atoms with Crippen molar-refractivity contribution in [1.82, 2.24) is 4.59 Å². The third-order valence-electron chi connectivity index (χ3n) is 8.66. The van der Waals surface area contributed by atoms with E-state index in [1.807, 2.05) is 54.6 Å². The Kier molecular flexibility index (Phi) is 8.22. The van der Waals surface area contributed by atoms with Crippen LogP contribution in [0.5, 0.6) is 0 Å². The van der Waals surface area contributed by atoms with Crippen LogP contribution in [-0.4, -0.2) is 63.5 Å². The summed E-state index contributed by atoms with van der Waals surface area (Å²) in [5.41, 5.74) is 11.9. The zero-order valence-corrected chi connectivity index (χ0v) is 25.2. The van der Waals surface area contributed by atoms with Gasteiger partial charge in [0.05, 0.1) is 25.3 Å². The summed E-state index contributed by atoms with van der Waals surface area (Å²) >= 11 is 0. The number of hydrogen-bond donors (Lipinski definition) is 2. The Hall–Kier alpha value is -4.87. The fraction of sp³-hybridized carbons (Fsp3) is 0.229. The number of fused-ring (bicyclic) bond motifs is 6. The number of carbonyl (C=O) groups excluding carboxylic acids is 2. The molecule has 10 nitrogen and oxygen atoms in total. The minimum atomic E-state index is -1.34. The van der Waals surface area contributed by atoms with Crippen molar-refractivity contribution >= 4 is 35.0 Å². The maximum Gasteiger partial charge on any atom is 0.457 e. The van der Waals surface area contributed by atoms with Crippen molar-refractivity contribution in [2.24, 2.45) is 5.73 Å². The second-order valence-electron chi connectivity index (χ2n) is 11.0. The normalized spacial score (nSPS) is 18.6. The van der Waals surface area contributed by atoms with E-state index in [2.05, 4.69) is 0 Å². The molecule has 0 bridgehead atoms. The van der Waals surface area contributed by atoms with Gasteiger partial charge in [-0.25, -0.2) is 9.59 Å². The van der Waals surface area contributed by atoms with E-state index in [1.165, 1.54) is 7.11 Å². The van der Waals surface area contributed by atoms with Crippen molar-refractivity contribution in [3.63, 3.8) is 0 Å². The van der Waals surface area contributed by atoms with Crippen LogP contribution >= 0.6 is 0 Å². The molecule has 6 rings (SSSR count). The number of carbonyl (C=O) groups is 3. The van der Waals surface area contributed by atoms with Crippen LogP contribution in [0.4, 0.5) is 21.9 Å². The molecule has 230 valence electrons. The second-order valence-corrected chi connectivity index (χ2v) is 11.0. The van der Waals surface area contributed by atoms with Crippen molar-refractivity contribution in [3.05, 3.63) is 102 Å². The summed E-state index contributed by atoms with van der Waals surface area (Å²) in [6.45, 7) is 0.527. The van der Waals surface area contributed by atoms with Crippen molar-refractivity contribution in [3.8, 4) is 22.3 Å². The highest BCUT2D eigenvalue weighted by Crippen LogP contribution is 2.49. The molecule has 45 heavy (non-hydrogen) atoms.